The van der Waals surface area contributed by atoms with Gasteiger partial charge in [0.25, 0.3) is 0 Å². The van der Waals surface area contributed by atoms with Gasteiger partial charge in [0.15, 0.2) is 5.16 Å². The summed E-state index contributed by atoms with van der Waals surface area (Å²) in [5, 5.41) is 11.8. The number of hydrogen-bond acceptors (Lipinski definition) is 5. The molecule has 0 aliphatic heterocycles. The SMILES string of the molecule is CC(C)n1cnnc1SCC(=O)NCC(c1ccccc1)N(C)C. The van der Waals surface area contributed by atoms with Gasteiger partial charge in [0.1, 0.15) is 6.33 Å². The Labute approximate surface area is 147 Å². The number of likely N-dealkylation sites (N-methyl/N-ethyl adjacent to an activating group) is 1. The number of amides is 1. The fraction of sp³-hybridized carbons (Fsp3) is 0.471. The van der Waals surface area contributed by atoms with E-state index in [1.54, 1.807) is 6.33 Å². The molecule has 1 aromatic carbocycles. The summed E-state index contributed by atoms with van der Waals surface area (Å²) in [4.78, 5) is 14.3. The molecule has 0 saturated carbocycles. The second kappa shape index (κ2) is 8.84. The van der Waals surface area contributed by atoms with Crippen molar-refractivity contribution in [3.05, 3.63) is 42.2 Å². The smallest absolute Gasteiger partial charge is 0.230 e. The molecule has 1 amide bonds. The molecule has 6 nitrogen and oxygen atoms in total. The minimum atomic E-state index is 0.00101. The fourth-order valence-electron chi connectivity index (χ4n) is 2.35. The van der Waals surface area contributed by atoms with Crippen LogP contribution in [0.5, 0.6) is 0 Å². The van der Waals surface area contributed by atoms with Crippen LogP contribution in [0.4, 0.5) is 0 Å². The van der Waals surface area contributed by atoms with Gasteiger partial charge in [-0.25, -0.2) is 0 Å². The summed E-state index contributed by atoms with van der Waals surface area (Å²) in [6.45, 7) is 4.71. The largest absolute Gasteiger partial charge is 0.353 e. The van der Waals surface area contributed by atoms with Gasteiger partial charge in [0.2, 0.25) is 5.91 Å². The summed E-state index contributed by atoms with van der Waals surface area (Å²) in [6.07, 6.45) is 1.70. The minimum Gasteiger partial charge on any atom is -0.353 e. The van der Waals surface area contributed by atoms with Crippen LogP contribution in [0, 0.1) is 0 Å². The Morgan fingerprint density at radius 3 is 2.62 bits per heavy atom. The van der Waals surface area contributed by atoms with E-state index in [4.69, 9.17) is 0 Å². The molecular weight excluding hydrogens is 322 g/mol. The van der Waals surface area contributed by atoms with E-state index in [-0.39, 0.29) is 18.0 Å². The molecule has 130 valence electrons. The van der Waals surface area contributed by atoms with Gasteiger partial charge >= 0.3 is 0 Å². The lowest BCUT2D eigenvalue weighted by Crippen LogP contribution is -2.35. The highest BCUT2D eigenvalue weighted by Gasteiger charge is 2.16. The third kappa shape index (κ3) is 5.07. The van der Waals surface area contributed by atoms with Crippen molar-refractivity contribution in [2.24, 2.45) is 0 Å². The van der Waals surface area contributed by atoms with Crippen LogP contribution in [-0.4, -0.2) is 52.0 Å². The Kier molecular flexibility index (Phi) is 6.81. The number of nitrogens with zero attached hydrogens (tertiary/aromatic N) is 4. The van der Waals surface area contributed by atoms with E-state index in [0.29, 0.717) is 12.3 Å². The van der Waals surface area contributed by atoms with Gasteiger partial charge in [-0.1, -0.05) is 42.1 Å². The van der Waals surface area contributed by atoms with Crippen molar-refractivity contribution in [2.45, 2.75) is 31.1 Å². The van der Waals surface area contributed by atoms with Crippen molar-refractivity contribution >= 4 is 17.7 Å². The Balaban J connectivity index is 1.86. The van der Waals surface area contributed by atoms with Gasteiger partial charge in [-0.2, -0.15) is 0 Å². The highest BCUT2D eigenvalue weighted by atomic mass is 32.2. The Morgan fingerprint density at radius 2 is 2.00 bits per heavy atom. The molecule has 0 fully saturated rings. The molecule has 0 spiro atoms. The Hall–Kier alpha value is -1.86. The van der Waals surface area contributed by atoms with Crippen LogP contribution in [0.25, 0.3) is 0 Å². The number of carbonyl (C=O) groups excluding carboxylic acids is 1. The van der Waals surface area contributed by atoms with Crippen molar-refractivity contribution in [3.8, 4) is 0 Å². The van der Waals surface area contributed by atoms with Crippen LogP contribution in [0.2, 0.25) is 0 Å². The number of hydrogen-bond donors (Lipinski definition) is 1. The molecule has 0 radical (unpaired) electrons. The van der Waals surface area contributed by atoms with Gasteiger partial charge in [-0.3, -0.25) is 4.79 Å². The molecule has 7 heteroatoms. The number of carbonyl (C=O) groups is 1. The van der Waals surface area contributed by atoms with Crippen LogP contribution >= 0.6 is 11.8 Å². The van der Waals surface area contributed by atoms with Crippen molar-refractivity contribution in [3.63, 3.8) is 0 Å². The molecule has 2 aromatic rings. The van der Waals surface area contributed by atoms with Crippen LogP contribution in [0.3, 0.4) is 0 Å². The third-order valence-corrected chi connectivity index (χ3v) is 4.69. The molecule has 1 unspecified atom stereocenters. The Morgan fingerprint density at radius 1 is 1.29 bits per heavy atom. The predicted molar refractivity (Wildman–Crippen MR) is 97.0 cm³/mol. The monoisotopic (exact) mass is 347 g/mol. The molecule has 1 atom stereocenters. The molecule has 24 heavy (non-hydrogen) atoms. The van der Waals surface area contributed by atoms with Crippen molar-refractivity contribution in [2.75, 3.05) is 26.4 Å². The number of benzene rings is 1. The first-order valence-corrected chi connectivity index (χ1v) is 8.98. The zero-order valence-electron chi connectivity index (χ0n) is 14.6. The van der Waals surface area contributed by atoms with E-state index in [9.17, 15) is 4.79 Å². The lowest BCUT2D eigenvalue weighted by atomic mass is 10.1. The molecule has 1 N–H and O–H groups in total. The number of aromatic nitrogens is 3. The van der Waals surface area contributed by atoms with Crippen molar-refractivity contribution < 1.29 is 4.79 Å². The van der Waals surface area contributed by atoms with E-state index in [0.717, 1.165) is 5.16 Å². The maximum Gasteiger partial charge on any atom is 0.230 e. The number of rotatable bonds is 8. The molecule has 0 saturated heterocycles. The maximum absolute atomic E-state index is 12.2. The van der Waals surface area contributed by atoms with Gasteiger partial charge in [0, 0.05) is 12.6 Å². The van der Waals surface area contributed by atoms with E-state index < -0.39 is 0 Å². The molecular formula is C17H25N5OS. The third-order valence-electron chi connectivity index (χ3n) is 3.73. The zero-order valence-corrected chi connectivity index (χ0v) is 15.5. The lowest BCUT2D eigenvalue weighted by molar-refractivity contribution is -0.118. The molecule has 0 aliphatic rings. The van der Waals surface area contributed by atoms with Crippen molar-refractivity contribution in [1.29, 1.82) is 0 Å². The number of nitrogens with one attached hydrogen (secondary N) is 1. The predicted octanol–water partition coefficient (Wildman–Crippen LogP) is 2.37. The average molecular weight is 347 g/mol. The van der Waals surface area contributed by atoms with Crippen LogP contribution in [-0.2, 0) is 4.79 Å². The van der Waals surface area contributed by atoms with Gasteiger partial charge in [-0.15, -0.1) is 10.2 Å². The summed E-state index contributed by atoms with van der Waals surface area (Å²) in [7, 11) is 4.04. The first-order chi connectivity index (χ1) is 11.5. The summed E-state index contributed by atoms with van der Waals surface area (Å²) in [5.74, 6) is 0.335. The normalized spacial score (nSPS) is 12.6. The molecule has 1 heterocycles. The zero-order chi connectivity index (χ0) is 17.5. The van der Waals surface area contributed by atoms with Crippen molar-refractivity contribution in [1.82, 2.24) is 25.0 Å². The first-order valence-electron chi connectivity index (χ1n) is 7.99. The number of thioether (sulfide) groups is 1. The average Bonchev–Trinajstić information content (AvgIpc) is 3.02. The molecule has 0 aliphatic carbocycles. The highest BCUT2D eigenvalue weighted by molar-refractivity contribution is 7.99. The molecule has 0 bridgehead atoms. The minimum absolute atomic E-state index is 0.00101. The van der Waals surface area contributed by atoms with Gasteiger partial charge in [-0.05, 0) is 33.5 Å². The van der Waals surface area contributed by atoms with E-state index >= 15 is 0 Å². The van der Waals surface area contributed by atoms with Gasteiger partial charge in [0.05, 0.1) is 11.8 Å². The lowest BCUT2D eigenvalue weighted by Gasteiger charge is -2.25. The van der Waals surface area contributed by atoms with E-state index in [1.807, 2.05) is 36.9 Å². The van der Waals surface area contributed by atoms with Crippen LogP contribution in [0.1, 0.15) is 31.5 Å². The van der Waals surface area contributed by atoms with E-state index in [1.165, 1.54) is 17.3 Å². The molecule has 2 rings (SSSR count). The van der Waals surface area contributed by atoms with Gasteiger partial charge < -0.3 is 14.8 Å². The standard InChI is InChI=1S/C17H25N5OS/c1-13(2)22-12-19-20-17(22)24-11-16(23)18-10-15(21(3)4)14-8-6-5-7-9-14/h5-9,12-13,15H,10-11H2,1-4H3,(H,18,23). The first kappa shape index (κ1) is 18.5. The summed E-state index contributed by atoms with van der Waals surface area (Å²) >= 11 is 1.41. The summed E-state index contributed by atoms with van der Waals surface area (Å²) < 4.78 is 1.96. The summed E-state index contributed by atoms with van der Waals surface area (Å²) in [6, 6.07) is 10.6. The summed E-state index contributed by atoms with van der Waals surface area (Å²) in [5.41, 5.74) is 1.19. The molecule has 1 aromatic heterocycles. The quantitative estimate of drug-likeness (QED) is 0.743. The maximum atomic E-state index is 12.2. The topological polar surface area (TPSA) is 63.1 Å². The Bertz CT molecular complexity index is 641. The van der Waals surface area contributed by atoms with Crippen LogP contribution < -0.4 is 5.32 Å². The second-order valence-electron chi connectivity index (χ2n) is 6.10. The van der Waals surface area contributed by atoms with E-state index in [2.05, 4.69) is 46.4 Å². The fourth-order valence-corrected chi connectivity index (χ4v) is 3.23. The van der Waals surface area contributed by atoms with Crippen LogP contribution in [0.15, 0.2) is 41.8 Å². The second-order valence-corrected chi connectivity index (χ2v) is 7.04. The highest BCUT2D eigenvalue weighted by Crippen LogP contribution is 2.19.